The van der Waals surface area contributed by atoms with Crippen molar-refractivity contribution >= 4 is 44.8 Å². The van der Waals surface area contributed by atoms with Gasteiger partial charge in [-0.15, -0.1) is 20.4 Å². The van der Waals surface area contributed by atoms with Crippen molar-refractivity contribution < 1.29 is 9.59 Å². The van der Waals surface area contributed by atoms with Crippen molar-refractivity contribution in [1.29, 1.82) is 0 Å². The van der Waals surface area contributed by atoms with E-state index in [9.17, 15) is 9.59 Å². The average molecular weight is 510 g/mol. The summed E-state index contributed by atoms with van der Waals surface area (Å²) < 4.78 is 1.72. The van der Waals surface area contributed by atoms with E-state index in [2.05, 4.69) is 41.0 Å². The molecule has 4 heterocycles. The lowest BCUT2D eigenvalue weighted by Gasteiger charge is -2.06. The number of rotatable bonds is 8. The van der Waals surface area contributed by atoms with Crippen molar-refractivity contribution in [2.75, 3.05) is 10.6 Å². The van der Waals surface area contributed by atoms with Crippen molar-refractivity contribution in [3.8, 4) is 0 Å². The molecule has 35 heavy (non-hydrogen) atoms. The fourth-order valence-corrected chi connectivity index (χ4v) is 5.85. The van der Waals surface area contributed by atoms with Crippen LogP contribution in [-0.4, -0.2) is 46.7 Å². The summed E-state index contributed by atoms with van der Waals surface area (Å²) in [5, 5.41) is 25.3. The van der Waals surface area contributed by atoms with Gasteiger partial charge >= 0.3 is 0 Å². The summed E-state index contributed by atoms with van der Waals surface area (Å²) in [6, 6.07) is 5.49. The molecule has 0 aliphatic heterocycles. The number of hydrogen-bond acceptors (Lipinski definition) is 10. The van der Waals surface area contributed by atoms with Gasteiger partial charge < -0.3 is 9.88 Å². The lowest BCUT2D eigenvalue weighted by Crippen LogP contribution is -2.14. The highest BCUT2D eigenvalue weighted by molar-refractivity contribution is 7.15. The number of carbonyl (C=O) groups excluding carboxylic acids is 2. The largest absolute Gasteiger partial charge is 0.340 e. The first kappa shape index (κ1) is 23.2. The molecule has 0 saturated heterocycles. The van der Waals surface area contributed by atoms with Gasteiger partial charge in [0.05, 0.1) is 12.7 Å². The molecule has 0 aromatic carbocycles. The van der Waals surface area contributed by atoms with Gasteiger partial charge in [-0.2, -0.15) is 0 Å². The summed E-state index contributed by atoms with van der Waals surface area (Å²) in [4.78, 5) is 32.7. The molecular formula is C22H23N9O2S2. The Kier molecular flexibility index (Phi) is 6.86. The zero-order valence-corrected chi connectivity index (χ0v) is 20.6. The second-order valence-electron chi connectivity index (χ2n) is 8.45. The van der Waals surface area contributed by atoms with E-state index in [0.29, 0.717) is 33.5 Å². The van der Waals surface area contributed by atoms with Gasteiger partial charge in [0.2, 0.25) is 16.2 Å². The summed E-state index contributed by atoms with van der Waals surface area (Å²) in [5.41, 5.74) is 1.05. The molecule has 4 aromatic rings. The smallest absolute Gasteiger partial charge is 0.277 e. The molecule has 4 aromatic heterocycles. The van der Waals surface area contributed by atoms with Crippen LogP contribution in [0.3, 0.4) is 0 Å². The van der Waals surface area contributed by atoms with Crippen molar-refractivity contribution in [2.24, 2.45) is 13.0 Å². The summed E-state index contributed by atoms with van der Waals surface area (Å²) in [7, 11) is 1.81. The van der Waals surface area contributed by atoms with E-state index in [0.717, 1.165) is 35.7 Å². The highest BCUT2D eigenvalue weighted by Gasteiger charge is 2.29. The Morgan fingerprint density at radius 2 is 1.91 bits per heavy atom. The Morgan fingerprint density at radius 1 is 1.06 bits per heavy atom. The third-order valence-corrected chi connectivity index (χ3v) is 7.60. The molecule has 2 N–H and O–H groups in total. The molecule has 1 aliphatic carbocycles. The summed E-state index contributed by atoms with van der Waals surface area (Å²) in [6.45, 7) is 0. The maximum Gasteiger partial charge on any atom is 0.277 e. The molecular weight excluding hydrogens is 486 g/mol. The van der Waals surface area contributed by atoms with Crippen LogP contribution in [0.25, 0.3) is 0 Å². The lowest BCUT2D eigenvalue weighted by atomic mass is 10.0. The van der Waals surface area contributed by atoms with Crippen LogP contribution in [-0.2, 0) is 24.7 Å². The van der Waals surface area contributed by atoms with Crippen LogP contribution in [0.2, 0.25) is 0 Å². The standard InChI is InChI=1S/C22H23N9O2S2/c1-31-11-16(24-12-31)19(33)26-22-29-27-18(34-22)9-13-5-6-14(8-13)20-28-30-21(35-20)25-17(32)10-15-4-2-3-7-23-15/h2-4,7,11-14H,5-6,8-10H2,1H3,(H,25,30,32)(H,26,29,33)/t13-,14+/m0/s1. The number of amides is 2. The predicted octanol–water partition coefficient (Wildman–Crippen LogP) is 3.08. The second-order valence-corrected chi connectivity index (χ2v) is 10.5. The zero-order valence-electron chi connectivity index (χ0n) is 18.9. The minimum atomic E-state index is -0.298. The normalized spacial score (nSPS) is 17.4. The lowest BCUT2D eigenvalue weighted by molar-refractivity contribution is -0.115. The van der Waals surface area contributed by atoms with Gasteiger partial charge in [-0.1, -0.05) is 28.7 Å². The van der Waals surface area contributed by atoms with Gasteiger partial charge in [0.1, 0.15) is 15.7 Å². The van der Waals surface area contributed by atoms with Crippen molar-refractivity contribution in [2.45, 2.75) is 38.0 Å². The fourth-order valence-electron chi connectivity index (χ4n) is 4.09. The maximum atomic E-state index is 12.3. The van der Waals surface area contributed by atoms with Gasteiger partial charge in [0.15, 0.2) is 0 Å². The molecule has 1 fully saturated rings. The highest BCUT2D eigenvalue weighted by Crippen LogP contribution is 2.41. The topological polar surface area (TPSA) is 140 Å². The summed E-state index contributed by atoms with van der Waals surface area (Å²) in [6.07, 6.45) is 8.96. The van der Waals surface area contributed by atoms with E-state index in [1.54, 1.807) is 23.3 Å². The Hall–Kier alpha value is -3.58. The van der Waals surface area contributed by atoms with Gasteiger partial charge in [0.25, 0.3) is 5.91 Å². The van der Waals surface area contributed by atoms with Gasteiger partial charge in [-0.25, -0.2) is 4.98 Å². The predicted molar refractivity (Wildman–Crippen MR) is 131 cm³/mol. The van der Waals surface area contributed by atoms with Crippen LogP contribution < -0.4 is 10.6 Å². The molecule has 1 aliphatic rings. The van der Waals surface area contributed by atoms with E-state index in [1.165, 1.54) is 22.7 Å². The molecule has 2 atom stereocenters. The fraction of sp³-hybridized carbons (Fsp3) is 0.364. The molecule has 0 spiro atoms. The third kappa shape index (κ3) is 5.92. The molecule has 13 heteroatoms. The first-order chi connectivity index (χ1) is 17.0. The van der Waals surface area contributed by atoms with Crippen LogP contribution in [0.5, 0.6) is 0 Å². The molecule has 0 radical (unpaired) electrons. The molecule has 1 saturated carbocycles. The Balaban J connectivity index is 1.11. The van der Waals surface area contributed by atoms with Crippen LogP contribution in [0.4, 0.5) is 10.3 Å². The number of nitrogens with zero attached hydrogens (tertiary/aromatic N) is 7. The minimum absolute atomic E-state index is 0.155. The Labute approximate surface area is 209 Å². The second kappa shape index (κ2) is 10.4. The maximum absolute atomic E-state index is 12.3. The number of nitrogens with one attached hydrogen (secondary N) is 2. The van der Waals surface area contributed by atoms with Gasteiger partial charge in [-0.3, -0.25) is 19.9 Å². The number of hydrogen-bond donors (Lipinski definition) is 2. The Morgan fingerprint density at radius 3 is 2.71 bits per heavy atom. The van der Waals surface area contributed by atoms with Gasteiger partial charge in [-0.05, 0) is 37.3 Å². The molecule has 11 nitrogen and oxygen atoms in total. The van der Waals surface area contributed by atoms with Crippen LogP contribution in [0.15, 0.2) is 36.9 Å². The van der Waals surface area contributed by atoms with Crippen LogP contribution in [0.1, 0.15) is 51.4 Å². The van der Waals surface area contributed by atoms with Crippen LogP contribution >= 0.6 is 22.7 Å². The quantitative estimate of drug-likeness (QED) is 0.369. The van der Waals surface area contributed by atoms with Crippen LogP contribution in [0, 0.1) is 5.92 Å². The van der Waals surface area contributed by atoms with Crippen molar-refractivity contribution in [3.05, 3.63) is 58.3 Å². The molecule has 5 rings (SSSR count). The molecule has 0 bridgehead atoms. The van der Waals surface area contributed by atoms with Crippen molar-refractivity contribution in [3.63, 3.8) is 0 Å². The number of aryl methyl sites for hydroxylation is 1. The number of pyridine rings is 1. The number of carbonyl (C=O) groups is 2. The summed E-state index contributed by atoms with van der Waals surface area (Å²) >= 11 is 2.82. The first-order valence-electron chi connectivity index (χ1n) is 11.2. The average Bonchev–Trinajstić information content (AvgIpc) is 3.63. The van der Waals surface area contributed by atoms with E-state index in [-0.39, 0.29) is 18.2 Å². The number of aromatic nitrogens is 7. The Bertz CT molecular complexity index is 1320. The number of imidazole rings is 1. The number of anilines is 2. The molecule has 2 amide bonds. The highest BCUT2D eigenvalue weighted by atomic mass is 32.1. The minimum Gasteiger partial charge on any atom is -0.340 e. The van der Waals surface area contributed by atoms with E-state index < -0.39 is 0 Å². The first-order valence-corrected chi connectivity index (χ1v) is 12.8. The monoisotopic (exact) mass is 509 g/mol. The van der Waals surface area contributed by atoms with Crippen molar-refractivity contribution in [1.82, 2.24) is 34.9 Å². The zero-order chi connectivity index (χ0) is 24.2. The third-order valence-electron chi connectivity index (χ3n) is 5.73. The van der Waals surface area contributed by atoms with E-state index in [1.807, 2.05) is 25.2 Å². The summed E-state index contributed by atoms with van der Waals surface area (Å²) in [5.74, 6) is 0.319. The van der Waals surface area contributed by atoms with E-state index in [4.69, 9.17) is 0 Å². The SMILES string of the molecule is Cn1cnc(C(=O)Nc2nnc(C[C@H]3CC[C@@H](c4nnc(NC(=O)Cc5ccccn5)s4)C3)s2)c1. The molecule has 180 valence electrons. The van der Waals surface area contributed by atoms with Gasteiger partial charge in [0, 0.05) is 37.5 Å². The van der Waals surface area contributed by atoms with E-state index >= 15 is 0 Å². The molecule has 0 unspecified atom stereocenters.